The normalized spacial score (nSPS) is 20.2. The van der Waals surface area contributed by atoms with E-state index in [2.05, 4.69) is 16.0 Å². The van der Waals surface area contributed by atoms with Crippen LogP contribution in [0.4, 0.5) is 20.6 Å². The van der Waals surface area contributed by atoms with Gasteiger partial charge in [-0.3, -0.25) is 14.6 Å². The molecular formula is C27H29FN4O3. The van der Waals surface area contributed by atoms with E-state index in [1.165, 1.54) is 12.1 Å². The zero-order chi connectivity index (χ0) is 24.7. The van der Waals surface area contributed by atoms with Gasteiger partial charge < -0.3 is 9.64 Å². The van der Waals surface area contributed by atoms with Crippen LogP contribution in [-0.4, -0.2) is 72.4 Å². The second-order valence-corrected chi connectivity index (χ2v) is 9.57. The average Bonchev–Trinajstić information content (AvgIpc) is 3.11. The molecule has 2 aromatic carbocycles. The number of piperazine rings is 1. The van der Waals surface area contributed by atoms with E-state index in [-0.39, 0.29) is 17.7 Å². The number of hydrogen-bond donors (Lipinski definition) is 0. The molecule has 0 aromatic heterocycles. The lowest BCUT2D eigenvalue weighted by Gasteiger charge is -2.41. The Balaban J connectivity index is 1.47. The van der Waals surface area contributed by atoms with Crippen molar-refractivity contribution in [3.05, 3.63) is 65.5 Å². The number of anilines is 1. The van der Waals surface area contributed by atoms with Crippen molar-refractivity contribution in [1.82, 2.24) is 9.80 Å². The minimum atomic E-state index is -0.604. The van der Waals surface area contributed by atoms with E-state index in [0.29, 0.717) is 50.6 Å². The molecule has 2 aromatic rings. The molecule has 3 aliphatic rings. The molecule has 0 saturated carbocycles. The second-order valence-electron chi connectivity index (χ2n) is 9.57. The highest BCUT2D eigenvalue weighted by molar-refractivity contribution is 6.55. The number of rotatable bonds is 4. The van der Waals surface area contributed by atoms with E-state index in [0.717, 1.165) is 16.8 Å². The summed E-state index contributed by atoms with van der Waals surface area (Å²) in [7, 11) is 0. The topological polar surface area (TPSA) is 65.5 Å². The summed E-state index contributed by atoms with van der Waals surface area (Å²) in [6.45, 7) is 9.28. The van der Waals surface area contributed by atoms with Crippen LogP contribution in [0.5, 0.6) is 0 Å². The van der Waals surface area contributed by atoms with Gasteiger partial charge in [-0.1, -0.05) is 24.3 Å². The molecule has 0 aliphatic carbocycles. The van der Waals surface area contributed by atoms with Crippen LogP contribution < -0.4 is 4.90 Å². The number of hydrogen-bond acceptors (Lipinski definition) is 5. The lowest BCUT2D eigenvalue weighted by atomic mass is 9.88. The zero-order valence-electron chi connectivity index (χ0n) is 20.3. The maximum absolute atomic E-state index is 14.9. The lowest BCUT2D eigenvalue weighted by molar-refractivity contribution is -0.112. The van der Waals surface area contributed by atoms with Crippen LogP contribution in [0.1, 0.15) is 31.9 Å². The van der Waals surface area contributed by atoms with Crippen molar-refractivity contribution in [1.29, 1.82) is 0 Å². The standard InChI is InChI=1S/C27H29FN4O3/c1-4-35-26(34)31-12-10-30(11-13-31)17-18-16-27(2,3)32-24-21(18)14-19(28)15-22(24)23(25(32)33)29-20-8-6-5-7-9-20/h5-9,14-16H,4,10-13,17H2,1-3H3. The largest absolute Gasteiger partial charge is 0.450 e. The van der Waals surface area contributed by atoms with Crippen molar-refractivity contribution in [2.45, 2.75) is 26.3 Å². The molecule has 0 spiro atoms. The summed E-state index contributed by atoms with van der Waals surface area (Å²) >= 11 is 0. The van der Waals surface area contributed by atoms with Crippen LogP contribution in [0.2, 0.25) is 0 Å². The first-order valence-corrected chi connectivity index (χ1v) is 12.0. The molecule has 0 unspecified atom stereocenters. The van der Waals surface area contributed by atoms with Crippen molar-refractivity contribution < 1.29 is 18.7 Å². The summed E-state index contributed by atoms with van der Waals surface area (Å²) in [5, 5.41) is 0. The van der Waals surface area contributed by atoms with Gasteiger partial charge in [0.05, 0.1) is 23.5 Å². The molecule has 1 fully saturated rings. The molecular weight excluding hydrogens is 447 g/mol. The third-order valence-corrected chi connectivity index (χ3v) is 6.70. The van der Waals surface area contributed by atoms with Gasteiger partial charge in [0.15, 0.2) is 0 Å². The Labute approximate surface area is 204 Å². The van der Waals surface area contributed by atoms with E-state index >= 15 is 0 Å². The minimum Gasteiger partial charge on any atom is -0.450 e. The molecule has 0 bridgehead atoms. The number of para-hydroxylation sites is 1. The summed E-state index contributed by atoms with van der Waals surface area (Å²) in [4.78, 5) is 35.9. The first-order valence-electron chi connectivity index (χ1n) is 12.0. The number of ether oxygens (including phenoxy) is 1. The van der Waals surface area contributed by atoms with Gasteiger partial charge in [-0.25, -0.2) is 14.2 Å². The molecule has 1 saturated heterocycles. The van der Waals surface area contributed by atoms with Crippen LogP contribution >= 0.6 is 0 Å². The molecule has 3 aliphatic heterocycles. The molecule has 0 radical (unpaired) electrons. The summed E-state index contributed by atoms with van der Waals surface area (Å²) in [5.41, 5.74) is 3.25. The Morgan fingerprint density at radius 2 is 1.77 bits per heavy atom. The lowest BCUT2D eigenvalue weighted by Crippen LogP contribution is -2.50. The average molecular weight is 477 g/mol. The summed E-state index contributed by atoms with van der Waals surface area (Å²) in [5.74, 6) is -0.619. The molecule has 0 N–H and O–H groups in total. The quantitative estimate of drug-likeness (QED) is 0.662. The fourth-order valence-electron chi connectivity index (χ4n) is 5.12. The smallest absolute Gasteiger partial charge is 0.409 e. The minimum absolute atomic E-state index is 0.223. The van der Waals surface area contributed by atoms with Crippen molar-refractivity contribution in [2.24, 2.45) is 4.99 Å². The van der Waals surface area contributed by atoms with Gasteiger partial charge in [-0.2, -0.15) is 0 Å². The number of amides is 2. The van der Waals surface area contributed by atoms with Gasteiger partial charge in [0.2, 0.25) is 0 Å². The third-order valence-electron chi connectivity index (χ3n) is 6.70. The highest BCUT2D eigenvalue weighted by Crippen LogP contribution is 2.46. The Morgan fingerprint density at radius 3 is 2.46 bits per heavy atom. The molecule has 0 atom stereocenters. The van der Waals surface area contributed by atoms with E-state index in [4.69, 9.17) is 4.74 Å². The number of nitrogens with zero attached hydrogens (tertiary/aromatic N) is 4. The Bertz CT molecular complexity index is 1230. The van der Waals surface area contributed by atoms with Gasteiger partial charge in [0.25, 0.3) is 5.91 Å². The number of carbonyl (C=O) groups excluding carboxylic acids is 2. The zero-order valence-corrected chi connectivity index (χ0v) is 20.3. The molecule has 2 amide bonds. The van der Waals surface area contributed by atoms with Gasteiger partial charge in [-0.05, 0) is 50.6 Å². The van der Waals surface area contributed by atoms with Crippen molar-refractivity contribution in [3.63, 3.8) is 0 Å². The van der Waals surface area contributed by atoms with Crippen molar-refractivity contribution in [2.75, 3.05) is 44.2 Å². The first kappa shape index (κ1) is 23.2. The predicted molar refractivity (Wildman–Crippen MR) is 134 cm³/mol. The summed E-state index contributed by atoms with van der Waals surface area (Å²) < 4.78 is 20.0. The number of aliphatic imine (C=N–C) groups is 1. The van der Waals surface area contributed by atoms with Crippen molar-refractivity contribution in [3.8, 4) is 0 Å². The number of halogens is 1. The van der Waals surface area contributed by atoms with E-state index in [1.54, 1.807) is 16.7 Å². The highest BCUT2D eigenvalue weighted by atomic mass is 19.1. The van der Waals surface area contributed by atoms with E-state index in [9.17, 15) is 14.0 Å². The maximum atomic E-state index is 14.9. The van der Waals surface area contributed by atoms with Gasteiger partial charge in [0.1, 0.15) is 11.5 Å². The van der Waals surface area contributed by atoms with Crippen LogP contribution in [0, 0.1) is 5.82 Å². The second kappa shape index (κ2) is 8.92. The van der Waals surface area contributed by atoms with Crippen LogP contribution in [0.25, 0.3) is 5.57 Å². The first-order chi connectivity index (χ1) is 16.8. The molecule has 35 heavy (non-hydrogen) atoms. The number of benzene rings is 2. The van der Waals surface area contributed by atoms with Gasteiger partial charge in [0, 0.05) is 43.9 Å². The number of carbonyl (C=O) groups is 2. The van der Waals surface area contributed by atoms with E-state index < -0.39 is 11.4 Å². The monoisotopic (exact) mass is 476 g/mol. The molecule has 5 rings (SSSR count). The van der Waals surface area contributed by atoms with Crippen LogP contribution in [-0.2, 0) is 9.53 Å². The SMILES string of the molecule is CCOC(=O)N1CCN(CC2=CC(C)(C)N3C(=O)C(=Nc4ccccc4)c4cc(F)cc2c43)CC1. The van der Waals surface area contributed by atoms with E-state index in [1.807, 2.05) is 44.2 Å². The predicted octanol–water partition coefficient (Wildman–Crippen LogP) is 4.24. The Kier molecular flexibility index (Phi) is 5.92. The fourth-order valence-corrected chi connectivity index (χ4v) is 5.12. The molecule has 3 heterocycles. The van der Waals surface area contributed by atoms with Crippen molar-refractivity contribution >= 4 is 34.7 Å². The fraction of sp³-hybridized carbons (Fsp3) is 0.370. The van der Waals surface area contributed by atoms with Gasteiger partial charge >= 0.3 is 6.09 Å². The van der Waals surface area contributed by atoms with Crippen LogP contribution in [0.15, 0.2) is 53.5 Å². The maximum Gasteiger partial charge on any atom is 0.409 e. The highest BCUT2D eigenvalue weighted by Gasteiger charge is 2.46. The molecule has 8 heteroatoms. The molecule has 182 valence electrons. The van der Waals surface area contributed by atoms with Gasteiger partial charge in [-0.15, -0.1) is 0 Å². The Morgan fingerprint density at radius 1 is 1.09 bits per heavy atom. The summed E-state index contributed by atoms with van der Waals surface area (Å²) in [6.07, 6.45) is 1.77. The third kappa shape index (κ3) is 4.23. The Hall–Kier alpha value is -3.52. The molecule has 7 nitrogen and oxygen atoms in total. The summed E-state index contributed by atoms with van der Waals surface area (Å²) in [6, 6.07) is 12.2. The van der Waals surface area contributed by atoms with Crippen LogP contribution in [0.3, 0.4) is 0 Å².